The summed E-state index contributed by atoms with van der Waals surface area (Å²) in [7, 11) is -4.61. The van der Waals surface area contributed by atoms with Crippen LogP contribution < -0.4 is 5.73 Å². The lowest BCUT2D eigenvalue weighted by Crippen LogP contribution is -2.41. The van der Waals surface area contributed by atoms with Crippen LogP contribution in [0.3, 0.4) is 0 Å². The zero-order valence-corrected chi connectivity index (χ0v) is 10.6. The molecular formula is C8H11NO7S2. The molecule has 0 bridgehead atoms. The van der Waals surface area contributed by atoms with Crippen LogP contribution in [0.15, 0.2) is 30.3 Å². The van der Waals surface area contributed by atoms with Crippen LogP contribution in [0.25, 0.3) is 0 Å². The Morgan fingerprint density at radius 2 is 1.72 bits per heavy atom. The monoisotopic (exact) mass is 297 g/mol. The second kappa shape index (κ2) is 7.31. The molecule has 102 valence electrons. The summed E-state index contributed by atoms with van der Waals surface area (Å²) in [5, 5.41) is 9.63. The summed E-state index contributed by atoms with van der Waals surface area (Å²) in [5.74, 6) is 0. The van der Waals surface area contributed by atoms with Crippen LogP contribution in [-0.4, -0.2) is 33.1 Å². The first-order valence-corrected chi connectivity index (χ1v) is 6.36. The van der Waals surface area contributed by atoms with Crippen molar-refractivity contribution in [1.82, 2.24) is 0 Å². The second-order valence-electron chi connectivity index (χ2n) is 3.05. The number of aliphatic hydroxyl groups is 1. The van der Waals surface area contributed by atoms with Gasteiger partial charge in [0, 0.05) is 5.56 Å². The van der Waals surface area contributed by atoms with E-state index in [1.165, 1.54) is 12.1 Å². The highest BCUT2D eigenvalue weighted by Gasteiger charge is 2.26. The van der Waals surface area contributed by atoms with Crippen molar-refractivity contribution in [3.8, 4) is 0 Å². The Hall–Kier alpha value is -1.17. The lowest BCUT2D eigenvalue weighted by molar-refractivity contribution is -0.00544. The van der Waals surface area contributed by atoms with E-state index in [4.69, 9.17) is 18.7 Å². The van der Waals surface area contributed by atoms with E-state index in [0.29, 0.717) is 0 Å². The van der Waals surface area contributed by atoms with Crippen molar-refractivity contribution in [2.24, 2.45) is 5.73 Å². The van der Waals surface area contributed by atoms with Crippen molar-refractivity contribution < 1.29 is 30.7 Å². The van der Waals surface area contributed by atoms with Crippen molar-refractivity contribution in [1.29, 1.82) is 0 Å². The van der Waals surface area contributed by atoms with E-state index in [0.717, 1.165) is 0 Å². The molecule has 1 rings (SSSR count). The third-order valence-corrected chi connectivity index (χ3v) is 2.12. The maximum Gasteiger partial charge on any atom is 0.397 e. The normalized spacial score (nSPS) is 13.9. The number of hydrogen-bond acceptors (Lipinski definition) is 7. The Kier molecular flexibility index (Phi) is 6.83. The standard InChI is InChI=1S/C8H11NO5S.O2S/c9-8(10,6-14-15(11,12)13)7-4-2-1-3-5-7;1-3-2/h1-5,10H,6,9H2,(H,11,12,13);. The maximum absolute atomic E-state index is 10.3. The van der Waals surface area contributed by atoms with Gasteiger partial charge in [0.1, 0.15) is 6.61 Å². The van der Waals surface area contributed by atoms with Gasteiger partial charge in [-0.1, -0.05) is 30.3 Å². The first kappa shape index (κ1) is 16.8. The summed E-state index contributed by atoms with van der Waals surface area (Å²) >= 11 is -0.750. The molecule has 1 unspecified atom stereocenters. The van der Waals surface area contributed by atoms with Gasteiger partial charge in [-0.2, -0.15) is 16.8 Å². The van der Waals surface area contributed by atoms with Crippen LogP contribution in [0.5, 0.6) is 0 Å². The lowest BCUT2D eigenvalue weighted by Gasteiger charge is -2.22. The fourth-order valence-corrected chi connectivity index (χ4v) is 1.30. The van der Waals surface area contributed by atoms with Crippen molar-refractivity contribution in [2.75, 3.05) is 6.61 Å². The summed E-state index contributed by atoms with van der Waals surface area (Å²) in [6, 6.07) is 7.98. The average Bonchev–Trinajstić information content (AvgIpc) is 2.28. The molecule has 0 saturated heterocycles. The van der Waals surface area contributed by atoms with Crippen LogP contribution >= 0.6 is 0 Å². The Labute approximate surface area is 107 Å². The summed E-state index contributed by atoms with van der Waals surface area (Å²) < 4.78 is 49.4. The van der Waals surface area contributed by atoms with Gasteiger partial charge in [-0.05, 0) is 0 Å². The number of benzene rings is 1. The van der Waals surface area contributed by atoms with Gasteiger partial charge >= 0.3 is 22.0 Å². The van der Waals surface area contributed by atoms with E-state index in [1.54, 1.807) is 18.2 Å². The molecule has 0 fully saturated rings. The van der Waals surface area contributed by atoms with E-state index < -0.39 is 34.3 Å². The number of hydrogen-bond donors (Lipinski definition) is 3. The smallest absolute Gasteiger partial charge is 0.369 e. The highest BCUT2D eigenvalue weighted by molar-refractivity contribution is 7.80. The van der Waals surface area contributed by atoms with Gasteiger partial charge in [0.25, 0.3) is 0 Å². The molecule has 1 atom stereocenters. The van der Waals surface area contributed by atoms with Gasteiger partial charge in [-0.25, -0.2) is 4.18 Å². The minimum absolute atomic E-state index is 0.286. The SMILES string of the molecule is NC(O)(COS(=O)(=O)O)c1ccccc1.O=S=O. The molecule has 0 spiro atoms. The maximum atomic E-state index is 10.3. The molecular weight excluding hydrogens is 286 g/mol. The van der Waals surface area contributed by atoms with E-state index in [9.17, 15) is 13.5 Å². The Balaban J connectivity index is 0.000000873. The zero-order chi connectivity index (χ0) is 14.2. The molecule has 0 radical (unpaired) electrons. The zero-order valence-electron chi connectivity index (χ0n) is 8.92. The molecule has 0 amide bonds. The molecule has 0 aliphatic carbocycles. The van der Waals surface area contributed by atoms with E-state index in [-0.39, 0.29) is 5.56 Å². The van der Waals surface area contributed by atoms with Crippen LogP contribution in [0.1, 0.15) is 5.56 Å². The Morgan fingerprint density at radius 1 is 1.28 bits per heavy atom. The molecule has 0 heterocycles. The molecule has 0 saturated carbocycles. The first-order valence-electron chi connectivity index (χ1n) is 4.33. The summed E-state index contributed by atoms with van der Waals surface area (Å²) in [5.41, 5.74) is 3.72. The van der Waals surface area contributed by atoms with Gasteiger partial charge in [0.05, 0.1) is 0 Å². The Bertz CT molecular complexity index is 493. The minimum atomic E-state index is -4.61. The molecule has 0 aliphatic rings. The molecule has 18 heavy (non-hydrogen) atoms. The fourth-order valence-electron chi connectivity index (χ4n) is 0.974. The highest BCUT2D eigenvalue weighted by Crippen LogP contribution is 2.15. The van der Waals surface area contributed by atoms with Crippen molar-refractivity contribution in [2.45, 2.75) is 5.72 Å². The first-order chi connectivity index (χ1) is 8.23. The third kappa shape index (κ3) is 7.21. The van der Waals surface area contributed by atoms with Crippen LogP contribution in [-0.2, 0) is 31.9 Å². The minimum Gasteiger partial charge on any atom is -0.369 e. The van der Waals surface area contributed by atoms with Gasteiger partial charge in [-0.3, -0.25) is 10.3 Å². The number of nitrogens with two attached hydrogens (primary N) is 1. The lowest BCUT2D eigenvalue weighted by atomic mass is 10.1. The van der Waals surface area contributed by atoms with Crippen molar-refractivity contribution in [3.63, 3.8) is 0 Å². The average molecular weight is 297 g/mol. The van der Waals surface area contributed by atoms with E-state index in [1.807, 2.05) is 0 Å². The predicted molar refractivity (Wildman–Crippen MR) is 60.9 cm³/mol. The van der Waals surface area contributed by atoms with Crippen molar-refractivity contribution >= 4 is 22.0 Å². The quantitative estimate of drug-likeness (QED) is 0.471. The van der Waals surface area contributed by atoms with E-state index in [2.05, 4.69) is 4.18 Å². The van der Waals surface area contributed by atoms with Crippen LogP contribution in [0.4, 0.5) is 0 Å². The van der Waals surface area contributed by atoms with Crippen LogP contribution in [0.2, 0.25) is 0 Å². The third-order valence-electron chi connectivity index (χ3n) is 1.70. The van der Waals surface area contributed by atoms with Gasteiger partial charge in [0.15, 0.2) is 5.72 Å². The Morgan fingerprint density at radius 3 is 2.11 bits per heavy atom. The van der Waals surface area contributed by atoms with Gasteiger partial charge in [-0.15, -0.1) is 0 Å². The highest BCUT2D eigenvalue weighted by atomic mass is 32.3. The predicted octanol–water partition coefficient (Wildman–Crippen LogP) is -1.06. The van der Waals surface area contributed by atoms with Crippen molar-refractivity contribution in [3.05, 3.63) is 35.9 Å². The fraction of sp³-hybridized carbons (Fsp3) is 0.250. The van der Waals surface area contributed by atoms with Gasteiger partial charge < -0.3 is 5.11 Å². The summed E-state index contributed by atoms with van der Waals surface area (Å²) in [6.07, 6.45) is 0. The van der Waals surface area contributed by atoms with Crippen LogP contribution in [0, 0.1) is 0 Å². The molecule has 0 aromatic heterocycles. The molecule has 1 aromatic carbocycles. The molecule has 10 heteroatoms. The molecule has 0 aliphatic heterocycles. The summed E-state index contributed by atoms with van der Waals surface area (Å²) in [6.45, 7) is -0.754. The number of rotatable bonds is 4. The molecule has 4 N–H and O–H groups in total. The largest absolute Gasteiger partial charge is 0.397 e. The van der Waals surface area contributed by atoms with Gasteiger partial charge in [0.2, 0.25) is 0 Å². The molecule has 8 nitrogen and oxygen atoms in total. The topological polar surface area (TPSA) is 144 Å². The second-order valence-corrected chi connectivity index (χ2v) is 4.28. The molecule has 1 aromatic rings. The van der Waals surface area contributed by atoms with E-state index >= 15 is 0 Å². The summed E-state index contributed by atoms with van der Waals surface area (Å²) in [4.78, 5) is 0.